The van der Waals surface area contributed by atoms with Crippen molar-refractivity contribution in [2.24, 2.45) is 5.92 Å². The molecule has 1 aliphatic rings. The number of aryl methyl sites for hydroxylation is 1. The summed E-state index contributed by atoms with van der Waals surface area (Å²) in [6.07, 6.45) is 2.91. The molecule has 1 saturated heterocycles. The van der Waals surface area contributed by atoms with Crippen LogP contribution in [0.25, 0.3) is 0 Å². The van der Waals surface area contributed by atoms with E-state index in [1.807, 2.05) is 18.7 Å². The largest absolute Gasteiger partial charge is 0.324 e. The van der Waals surface area contributed by atoms with Gasteiger partial charge in [0.05, 0.1) is 11.4 Å². The second-order valence-corrected chi connectivity index (χ2v) is 6.19. The molecule has 1 fully saturated rings. The Kier molecular flexibility index (Phi) is 4.89. The quantitative estimate of drug-likeness (QED) is 0.864. The minimum atomic E-state index is 0.0825. The van der Waals surface area contributed by atoms with E-state index in [2.05, 4.69) is 10.3 Å². The zero-order valence-corrected chi connectivity index (χ0v) is 12.0. The van der Waals surface area contributed by atoms with E-state index in [4.69, 9.17) is 11.6 Å². The van der Waals surface area contributed by atoms with Crippen molar-refractivity contribution >= 4 is 35.0 Å². The summed E-state index contributed by atoms with van der Waals surface area (Å²) >= 11 is 7.76. The molecule has 2 heterocycles. The van der Waals surface area contributed by atoms with E-state index in [1.165, 1.54) is 11.5 Å². The third kappa shape index (κ3) is 3.89. The van der Waals surface area contributed by atoms with Crippen molar-refractivity contribution in [1.82, 2.24) is 4.98 Å². The molecule has 0 radical (unpaired) electrons. The third-order valence-corrected chi connectivity index (χ3v) is 4.40. The Labute approximate surface area is 117 Å². The van der Waals surface area contributed by atoms with E-state index >= 15 is 0 Å². The number of carbonyl (C=O) groups excluding carboxylic acids is 1. The van der Waals surface area contributed by atoms with E-state index in [0.29, 0.717) is 17.5 Å². The van der Waals surface area contributed by atoms with Crippen LogP contribution in [0.4, 0.5) is 5.69 Å². The Morgan fingerprint density at radius 2 is 2.22 bits per heavy atom. The standard InChI is InChI=1S/C13H17ClN2OS/c1-9-11(2-3-12(14)15-9)16-13(17)8-10-4-6-18-7-5-10/h2-3,10H,4-8H2,1H3,(H,16,17). The first-order valence-corrected chi connectivity index (χ1v) is 7.69. The maximum Gasteiger partial charge on any atom is 0.224 e. The van der Waals surface area contributed by atoms with E-state index in [1.54, 1.807) is 12.1 Å². The number of hydrogen-bond acceptors (Lipinski definition) is 3. The van der Waals surface area contributed by atoms with Gasteiger partial charge in [-0.25, -0.2) is 4.98 Å². The highest BCUT2D eigenvalue weighted by atomic mass is 35.5. The van der Waals surface area contributed by atoms with Crippen LogP contribution in [0.3, 0.4) is 0 Å². The van der Waals surface area contributed by atoms with Crippen LogP contribution in [0, 0.1) is 12.8 Å². The number of nitrogens with one attached hydrogen (secondary N) is 1. The Morgan fingerprint density at radius 3 is 2.89 bits per heavy atom. The minimum Gasteiger partial charge on any atom is -0.324 e. The normalized spacial score (nSPS) is 16.6. The molecule has 1 aromatic heterocycles. The number of anilines is 1. The van der Waals surface area contributed by atoms with Crippen molar-refractivity contribution in [1.29, 1.82) is 0 Å². The fourth-order valence-electron chi connectivity index (χ4n) is 2.08. The number of hydrogen-bond donors (Lipinski definition) is 1. The molecular formula is C13H17ClN2OS. The van der Waals surface area contributed by atoms with Gasteiger partial charge in [-0.2, -0.15) is 11.8 Å². The maximum absolute atomic E-state index is 11.9. The molecule has 2 rings (SSSR count). The summed E-state index contributed by atoms with van der Waals surface area (Å²) in [7, 11) is 0. The molecule has 3 nitrogen and oxygen atoms in total. The Balaban J connectivity index is 1.90. The molecule has 0 unspecified atom stereocenters. The summed E-state index contributed by atoms with van der Waals surface area (Å²) in [4.78, 5) is 16.1. The summed E-state index contributed by atoms with van der Waals surface area (Å²) < 4.78 is 0. The van der Waals surface area contributed by atoms with Crippen molar-refractivity contribution in [2.45, 2.75) is 26.2 Å². The number of pyridine rings is 1. The van der Waals surface area contributed by atoms with Gasteiger partial charge in [0.1, 0.15) is 5.15 Å². The molecule has 0 aromatic carbocycles. The number of rotatable bonds is 3. The zero-order valence-electron chi connectivity index (χ0n) is 10.4. The topological polar surface area (TPSA) is 42.0 Å². The van der Waals surface area contributed by atoms with Gasteiger partial charge in [-0.1, -0.05) is 11.6 Å². The predicted octanol–water partition coefficient (Wildman–Crippen LogP) is 3.52. The van der Waals surface area contributed by atoms with Gasteiger partial charge in [0.15, 0.2) is 0 Å². The lowest BCUT2D eigenvalue weighted by Crippen LogP contribution is -2.20. The molecule has 1 aliphatic heterocycles. The van der Waals surface area contributed by atoms with Crippen LogP contribution >= 0.6 is 23.4 Å². The fraction of sp³-hybridized carbons (Fsp3) is 0.538. The van der Waals surface area contributed by atoms with Crippen molar-refractivity contribution < 1.29 is 4.79 Å². The average Bonchev–Trinajstić information content (AvgIpc) is 2.34. The lowest BCUT2D eigenvalue weighted by atomic mass is 9.98. The zero-order chi connectivity index (χ0) is 13.0. The van der Waals surface area contributed by atoms with Crippen molar-refractivity contribution in [3.63, 3.8) is 0 Å². The summed E-state index contributed by atoms with van der Waals surface area (Å²) in [5.74, 6) is 2.98. The molecule has 0 bridgehead atoms. The molecular weight excluding hydrogens is 268 g/mol. The van der Waals surface area contributed by atoms with Gasteiger partial charge in [-0.15, -0.1) is 0 Å². The first kappa shape index (κ1) is 13.7. The highest BCUT2D eigenvalue weighted by Gasteiger charge is 2.17. The second kappa shape index (κ2) is 6.43. The molecule has 0 spiro atoms. The van der Waals surface area contributed by atoms with Crippen LogP contribution in [0.2, 0.25) is 5.15 Å². The minimum absolute atomic E-state index is 0.0825. The average molecular weight is 285 g/mol. The molecule has 1 N–H and O–H groups in total. The monoisotopic (exact) mass is 284 g/mol. The highest BCUT2D eigenvalue weighted by molar-refractivity contribution is 7.99. The smallest absolute Gasteiger partial charge is 0.224 e. The van der Waals surface area contributed by atoms with E-state index in [0.717, 1.165) is 24.2 Å². The SMILES string of the molecule is Cc1nc(Cl)ccc1NC(=O)CC1CCSCC1. The van der Waals surface area contributed by atoms with Gasteiger partial charge >= 0.3 is 0 Å². The Bertz CT molecular complexity index is 433. The van der Waals surface area contributed by atoms with Crippen LogP contribution in [-0.4, -0.2) is 22.4 Å². The lowest BCUT2D eigenvalue weighted by molar-refractivity contribution is -0.117. The summed E-state index contributed by atoms with van der Waals surface area (Å²) in [6, 6.07) is 3.50. The fourth-order valence-corrected chi connectivity index (χ4v) is 3.47. The predicted molar refractivity (Wildman–Crippen MR) is 77.3 cm³/mol. The van der Waals surface area contributed by atoms with E-state index < -0.39 is 0 Å². The molecule has 0 saturated carbocycles. The Hall–Kier alpha value is -0.740. The molecule has 5 heteroatoms. The summed E-state index contributed by atoms with van der Waals surface area (Å²) in [6.45, 7) is 1.85. The van der Waals surface area contributed by atoms with E-state index in [9.17, 15) is 4.79 Å². The number of thioether (sulfide) groups is 1. The number of halogens is 1. The van der Waals surface area contributed by atoms with Gasteiger partial charge in [-0.3, -0.25) is 4.79 Å². The van der Waals surface area contributed by atoms with Crippen molar-refractivity contribution in [3.8, 4) is 0 Å². The first-order chi connectivity index (χ1) is 8.65. The number of amides is 1. The lowest BCUT2D eigenvalue weighted by Gasteiger charge is -2.20. The molecule has 98 valence electrons. The molecule has 1 amide bonds. The van der Waals surface area contributed by atoms with Crippen LogP contribution in [-0.2, 0) is 4.79 Å². The molecule has 0 aliphatic carbocycles. The van der Waals surface area contributed by atoms with Crippen LogP contribution in [0.5, 0.6) is 0 Å². The van der Waals surface area contributed by atoms with Crippen LogP contribution in [0.15, 0.2) is 12.1 Å². The number of aromatic nitrogens is 1. The summed E-state index contributed by atoms with van der Waals surface area (Å²) in [5, 5.41) is 3.37. The highest BCUT2D eigenvalue weighted by Crippen LogP contribution is 2.26. The van der Waals surface area contributed by atoms with Gasteiger partial charge in [0, 0.05) is 6.42 Å². The van der Waals surface area contributed by atoms with Gasteiger partial charge < -0.3 is 5.32 Å². The summed E-state index contributed by atoms with van der Waals surface area (Å²) in [5.41, 5.74) is 1.52. The van der Waals surface area contributed by atoms with E-state index in [-0.39, 0.29) is 5.91 Å². The van der Waals surface area contributed by atoms with Crippen molar-refractivity contribution in [3.05, 3.63) is 23.0 Å². The molecule has 18 heavy (non-hydrogen) atoms. The first-order valence-electron chi connectivity index (χ1n) is 6.16. The maximum atomic E-state index is 11.9. The Morgan fingerprint density at radius 1 is 1.50 bits per heavy atom. The molecule has 1 aromatic rings. The van der Waals surface area contributed by atoms with Crippen LogP contribution < -0.4 is 5.32 Å². The third-order valence-electron chi connectivity index (χ3n) is 3.14. The number of carbonyl (C=O) groups is 1. The van der Waals surface area contributed by atoms with Gasteiger partial charge in [0.2, 0.25) is 5.91 Å². The number of nitrogens with zero attached hydrogens (tertiary/aromatic N) is 1. The molecule has 0 atom stereocenters. The second-order valence-electron chi connectivity index (χ2n) is 4.57. The van der Waals surface area contributed by atoms with Gasteiger partial charge in [0.25, 0.3) is 0 Å². The van der Waals surface area contributed by atoms with Gasteiger partial charge in [-0.05, 0) is 49.3 Å². The van der Waals surface area contributed by atoms with Crippen LogP contribution in [0.1, 0.15) is 25.0 Å². The van der Waals surface area contributed by atoms with Crippen molar-refractivity contribution in [2.75, 3.05) is 16.8 Å².